The lowest BCUT2D eigenvalue weighted by Crippen LogP contribution is -2.20. The number of ether oxygens (including phenoxy) is 1. The fourth-order valence-electron chi connectivity index (χ4n) is 2.12. The number of non-ortho nitro benzene ring substituents is 1. The van der Waals surface area contributed by atoms with Crippen molar-refractivity contribution in [3.05, 3.63) is 50.8 Å². The van der Waals surface area contributed by atoms with Gasteiger partial charge in [-0.3, -0.25) is 19.7 Å². The van der Waals surface area contributed by atoms with Gasteiger partial charge in [-0.25, -0.2) is 0 Å². The van der Waals surface area contributed by atoms with Crippen molar-refractivity contribution in [2.24, 2.45) is 0 Å². The van der Waals surface area contributed by atoms with Crippen LogP contribution in [0.2, 0.25) is 0 Å². The van der Waals surface area contributed by atoms with Gasteiger partial charge in [-0.05, 0) is 18.6 Å². The predicted octanol–water partition coefficient (Wildman–Crippen LogP) is 1.86. The quantitative estimate of drug-likeness (QED) is 0.476. The normalized spacial score (nSPS) is 10.5. The van der Waals surface area contributed by atoms with Gasteiger partial charge in [-0.1, -0.05) is 0 Å². The van der Waals surface area contributed by atoms with Crippen molar-refractivity contribution in [1.29, 1.82) is 0 Å². The number of fused-ring (bicyclic) bond motifs is 1. The van der Waals surface area contributed by atoms with Crippen LogP contribution >= 0.6 is 0 Å². The van der Waals surface area contributed by atoms with E-state index in [1.807, 2.05) is 0 Å². The fourth-order valence-corrected chi connectivity index (χ4v) is 2.12. The Morgan fingerprint density at radius 1 is 1.33 bits per heavy atom. The van der Waals surface area contributed by atoms with Gasteiger partial charge in [-0.2, -0.15) is 0 Å². The molecule has 0 atom stereocenters. The molecule has 2 rings (SSSR count). The number of aromatic nitrogens is 1. The molecule has 1 aromatic carbocycles. The minimum absolute atomic E-state index is 0.0257. The number of nitro benzene ring substituents is 1. The van der Waals surface area contributed by atoms with E-state index in [2.05, 4.69) is 4.74 Å². The molecule has 0 saturated heterocycles. The minimum Gasteiger partial charge on any atom is -0.469 e. The number of aryl methyl sites for hydroxylation is 1. The maximum atomic E-state index is 11.9. The smallest absolute Gasteiger partial charge is 0.305 e. The van der Waals surface area contributed by atoms with E-state index >= 15 is 0 Å². The van der Waals surface area contributed by atoms with Crippen molar-refractivity contribution in [3.63, 3.8) is 0 Å². The van der Waals surface area contributed by atoms with E-state index in [0.29, 0.717) is 23.9 Å². The van der Waals surface area contributed by atoms with Crippen LogP contribution in [0.5, 0.6) is 0 Å². The zero-order valence-corrected chi connectivity index (χ0v) is 11.4. The molecule has 0 unspecified atom stereocenters. The van der Waals surface area contributed by atoms with Crippen LogP contribution < -0.4 is 5.56 Å². The molecule has 0 aliphatic rings. The molecule has 0 N–H and O–H groups in total. The van der Waals surface area contributed by atoms with Crippen molar-refractivity contribution in [2.45, 2.75) is 19.4 Å². The van der Waals surface area contributed by atoms with E-state index < -0.39 is 4.92 Å². The SMILES string of the molecule is COC(=O)CCCn1c(=O)ccc2cc([N+](=O)[O-])ccc21. The number of carbonyl (C=O) groups is 1. The van der Waals surface area contributed by atoms with Crippen LogP contribution in [0.25, 0.3) is 10.9 Å². The number of pyridine rings is 1. The van der Waals surface area contributed by atoms with Crippen LogP contribution in [0.1, 0.15) is 12.8 Å². The average Bonchev–Trinajstić information content (AvgIpc) is 2.48. The van der Waals surface area contributed by atoms with E-state index in [1.54, 1.807) is 12.1 Å². The number of rotatable bonds is 5. The lowest BCUT2D eigenvalue weighted by molar-refractivity contribution is -0.384. The molecule has 21 heavy (non-hydrogen) atoms. The fraction of sp³-hybridized carbons (Fsp3) is 0.286. The molecule has 2 aromatic rings. The molecule has 0 spiro atoms. The zero-order chi connectivity index (χ0) is 15.4. The summed E-state index contributed by atoms with van der Waals surface area (Å²) in [6, 6.07) is 7.25. The van der Waals surface area contributed by atoms with Gasteiger partial charge in [0.1, 0.15) is 0 Å². The Labute approximate surface area is 119 Å². The Morgan fingerprint density at radius 3 is 2.76 bits per heavy atom. The van der Waals surface area contributed by atoms with Crippen LogP contribution in [0.4, 0.5) is 5.69 Å². The summed E-state index contributed by atoms with van der Waals surface area (Å²) in [4.78, 5) is 33.3. The number of nitrogens with zero attached hydrogens (tertiary/aromatic N) is 2. The number of nitro groups is 1. The second-order valence-corrected chi connectivity index (χ2v) is 4.50. The summed E-state index contributed by atoms with van der Waals surface area (Å²) in [7, 11) is 1.31. The maximum absolute atomic E-state index is 11.9. The molecular weight excluding hydrogens is 276 g/mol. The molecule has 0 aliphatic heterocycles. The Morgan fingerprint density at radius 2 is 2.10 bits per heavy atom. The molecule has 0 amide bonds. The van der Waals surface area contributed by atoms with Crippen molar-refractivity contribution >= 4 is 22.6 Å². The zero-order valence-electron chi connectivity index (χ0n) is 11.4. The molecule has 0 radical (unpaired) electrons. The summed E-state index contributed by atoms with van der Waals surface area (Å²) >= 11 is 0. The van der Waals surface area contributed by atoms with Crippen molar-refractivity contribution in [3.8, 4) is 0 Å². The summed E-state index contributed by atoms with van der Waals surface area (Å²) in [6.07, 6.45) is 0.676. The van der Waals surface area contributed by atoms with Crippen molar-refractivity contribution < 1.29 is 14.5 Å². The Hall–Kier alpha value is -2.70. The number of methoxy groups -OCH3 is 1. The van der Waals surface area contributed by atoms with E-state index in [4.69, 9.17) is 0 Å². The number of carbonyl (C=O) groups excluding carboxylic acids is 1. The molecule has 110 valence electrons. The largest absolute Gasteiger partial charge is 0.469 e. The Balaban J connectivity index is 2.34. The van der Waals surface area contributed by atoms with Gasteiger partial charge < -0.3 is 9.30 Å². The lowest BCUT2D eigenvalue weighted by atomic mass is 10.2. The molecule has 7 heteroatoms. The van der Waals surface area contributed by atoms with Gasteiger partial charge in [0.25, 0.3) is 11.2 Å². The number of hydrogen-bond acceptors (Lipinski definition) is 5. The third-order valence-corrected chi connectivity index (χ3v) is 3.17. The summed E-state index contributed by atoms with van der Waals surface area (Å²) < 4.78 is 6.05. The second kappa shape index (κ2) is 6.17. The first-order valence-corrected chi connectivity index (χ1v) is 6.38. The van der Waals surface area contributed by atoms with Crippen LogP contribution in [0.15, 0.2) is 35.1 Å². The highest BCUT2D eigenvalue weighted by atomic mass is 16.6. The van der Waals surface area contributed by atoms with Crippen LogP contribution in [-0.4, -0.2) is 22.6 Å². The number of esters is 1. The number of hydrogen-bond donors (Lipinski definition) is 0. The van der Waals surface area contributed by atoms with Crippen molar-refractivity contribution in [2.75, 3.05) is 7.11 Å². The summed E-state index contributed by atoms with van der Waals surface area (Å²) in [5.74, 6) is -0.334. The van der Waals surface area contributed by atoms with Gasteiger partial charge in [-0.15, -0.1) is 0 Å². The first kappa shape index (κ1) is 14.7. The molecule has 0 saturated carbocycles. The summed E-state index contributed by atoms with van der Waals surface area (Å²) in [5.41, 5.74) is 0.376. The number of benzene rings is 1. The standard InChI is InChI=1S/C14H14N2O5/c1-21-14(18)3-2-8-15-12-6-5-11(16(19)20)9-10(12)4-7-13(15)17/h4-7,9H,2-3,8H2,1H3. The average molecular weight is 290 g/mol. The van der Waals surface area contributed by atoms with Crippen LogP contribution in [0, 0.1) is 10.1 Å². The Kier molecular flexibility index (Phi) is 4.32. The third-order valence-electron chi connectivity index (χ3n) is 3.17. The lowest BCUT2D eigenvalue weighted by Gasteiger charge is -2.09. The second-order valence-electron chi connectivity index (χ2n) is 4.50. The first-order chi connectivity index (χ1) is 10.0. The molecule has 7 nitrogen and oxygen atoms in total. The van der Waals surface area contributed by atoms with Crippen LogP contribution in [-0.2, 0) is 16.1 Å². The minimum atomic E-state index is -0.480. The van der Waals surface area contributed by atoms with Gasteiger partial charge in [0, 0.05) is 36.6 Å². The third kappa shape index (κ3) is 3.25. The monoisotopic (exact) mass is 290 g/mol. The predicted molar refractivity (Wildman–Crippen MR) is 76.1 cm³/mol. The molecule has 0 fully saturated rings. The Bertz CT molecular complexity index is 751. The molecule has 0 aliphatic carbocycles. The van der Waals surface area contributed by atoms with Gasteiger partial charge in [0.05, 0.1) is 17.5 Å². The van der Waals surface area contributed by atoms with Crippen molar-refractivity contribution in [1.82, 2.24) is 4.57 Å². The highest BCUT2D eigenvalue weighted by Crippen LogP contribution is 2.19. The van der Waals surface area contributed by atoms with E-state index in [-0.39, 0.29) is 23.6 Å². The molecular formula is C14H14N2O5. The van der Waals surface area contributed by atoms with Crippen LogP contribution in [0.3, 0.4) is 0 Å². The topological polar surface area (TPSA) is 91.4 Å². The van der Waals surface area contributed by atoms with Gasteiger partial charge >= 0.3 is 5.97 Å². The van der Waals surface area contributed by atoms with E-state index in [1.165, 1.54) is 29.9 Å². The highest BCUT2D eigenvalue weighted by molar-refractivity contribution is 5.81. The molecule has 1 heterocycles. The van der Waals surface area contributed by atoms with E-state index in [9.17, 15) is 19.7 Å². The maximum Gasteiger partial charge on any atom is 0.305 e. The first-order valence-electron chi connectivity index (χ1n) is 6.38. The highest BCUT2D eigenvalue weighted by Gasteiger charge is 2.10. The van der Waals surface area contributed by atoms with Gasteiger partial charge in [0.15, 0.2) is 0 Å². The molecule has 0 bridgehead atoms. The summed E-state index contributed by atoms with van der Waals surface area (Å²) in [5, 5.41) is 11.4. The van der Waals surface area contributed by atoms with Gasteiger partial charge in [0.2, 0.25) is 0 Å². The van der Waals surface area contributed by atoms with E-state index in [0.717, 1.165) is 0 Å². The summed E-state index contributed by atoms with van der Waals surface area (Å²) in [6.45, 7) is 0.350. The molecule has 1 aromatic heterocycles.